The number of hydrogen-bond donors (Lipinski definition) is 2. The Bertz CT molecular complexity index is 422. The fourth-order valence-corrected chi connectivity index (χ4v) is 2.73. The van der Waals surface area contributed by atoms with Crippen LogP contribution in [-0.2, 0) is 0 Å². The van der Waals surface area contributed by atoms with E-state index in [0.29, 0.717) is 16.1 Å². The van der Waals surface area contributed by atoms with Crippen molar-refractivity contribution in [3.63, 3.8) is 0 Å². The van der Waals surface area contributed by atoms with Gasteiger partial charge in [-0.25, -0.2) is 0 Å². The molecule has 2 N–H and O–H groups in total. The van der Waals surface area contributed by atoms with Crippen LogP contribution in [0, 0.1) is 0 Å². The Morgan fingerprint density at radius 3 is 2.88 bits per heavy atom. The minimum absolute atomic E-state index is 0.512. The van der Waals surface area contributed by atoms with Crippen molar-refractivity contribution in [3.8, 4) is 0 Å². The molecule has 1 atom stereocenters. The standard InChI is InChI=1S/C11H13Cl2N3/c12-8-3-10-11(4-9(8)13)16-2-1-14-5-7(16)6-15-10/h3-4,7,14-15H,1-2,5-6H2/t7-/m0/s1. The molecule has 16 heavy (non-hydrogen) atoms. The molecule has 0 bridgehead atoms. The van der Waals surface area contributed by atoms with Crippen molar-refractivity contribution in [1.82, 2.24) is 5.32 Å². The second kappa shape index (κ2) is 3.99. The number of nitrogens with zero attached hydrogens (tertiary/aromatic N) is 1. The van der Waals surface area contributed by atoms with Crippen LogP contribution in [0.2, 0.25) is 10.0 Å². The molecule has 2 aliphatic rings. The summed E-state index contributed by atoms with van der Waals surface area (Å²) in [4.78, 5) is 2.41. The summed E-state index contributed by atoms with van der Waals surface area (Å²) in [6.07, 6.45) is 0. The van der Waals surface area contributed by atoms with Crippen molar-refractivity contribution in [1.29, 1.82) is 0 Å². The Balaban J connectivity index is 2.04. The van der Waals surface area contributed by atoms with Gasteiger partial charge in [-0.05, 0) is 12.1 Å². The zero-order chi connectivity index (χ0) is 11.1. The average Bonchev–Trinajstić information content (AvgIpc) is 2.31. The van der Waals surface area contributed by atoms with Crippen LogP contribution >= 0.6 is 23.2 Å². The Morgan fingerprint density at radius 1 is 1.19 bits per heavy atom. The second-order valence-corrected chi connectivity index (χ2v) is 5.03. The third kappa shape index (κ3) is 1.63. The summed E-state index contributed by atoms with van der Waals surface area (Å²) < 4.78 is 0. The van der Waals surface area contributed by atoms with E-state index in [2.05, 4.69) is 15.5 Å². The number of piperazine rings is 1. The van der Waals surface area contributed by atoms with Gasteiger partial charge in [0, 0.05) is 26.2 Å². The van der Waals surface area contributed by atoms with E-state index in [9.17, 15) is 0 Å². The molecule has 3 rings (SSSR count). The molecule has 0 aromatic heterocycles. The lowest BCUT2D eigenvalue weighted by Gasteiger charge is -2.42. The van der Waals surface area contributed by atoms with Crippen molar-refractivity contribution in [3.05, 3.63) is 22.2 Å². The van der Waals surface area contributed by atoms with E-state index in [1.54, 1.807) is 0 Å². The summed E-state index contributed by atoms with van der Waals surface area (Å²) in [6, 6.07) is 4.39. The van der Waals surface area contributed by atoms with Crippen molar-refractivity contribution in [2.24, 2.45) is 0 Å². The predicted molar refractivity (Wildman–Crippen MR) is 69.0 cm³/mol. The normalized spacial score (nSPS) is 23.4. The van der Waals surface area contributed by atoms with Crippen molar-refractivity contribution in [2.45, 2.75) is 6.04 Å². The largest absolute Gasteiger partial charge is 0.381 e. The van der Waals surface area contributed by atoms with Gasteiger partial charge in [-0.1, -0.05) is 23.2 Å². The number of anilines is 2. The van der Waals surface area contributed by atoms with Gasteiger partial charge in [0.2, 0.25) is 0 Å². The summed E-state index contributed by atoms with van der Waals surface area (Å²) in [5.41, 5.74) is 2.26. The fraction of sp³-hybridized carbons (Fsp3) is 0.455. The van der Waals surface area contributed by atoms with Crippen LogP contribution in [0.25, 0.3) is 0 Å². The van der Waals surface area contributed by atoms with Gasteiger partial charge in [0.05, 0.1) is 27.5 Å². The number of nitrogens with one attached hydrogen (secondary N) is 2. The zero-order valence-corrected chi connectivity index (χ0v) is 10.3. The summed E-state index contributed by atoms with van der Waals surface area (Å²) in [6.45, 7) is 4.03. The predicted octanol–water partition coefficient (Wildman–Crippen LogP) is 2.20. The molecule has 0 aliphatic carbocycles. The first-order chi connectivity index (χ1) is 7.75. The molecular weight excluding hydrogens is 245 g/mol. The van der Waals surface area contributed by atoms with E-state index in [4.69, 9.17) is 23.2 Å². The smallest absolute Gasteiger partial charge is 0.0622 e. The second-order valence-electron chi connectivity index (χ2n) is 4.22. The maximum Gasteiger partial charge on any atom is 0.0622 e. The summed E-state index contributed by atoms with van der Waals surface area (Å²) in [7, 11) is 0. The first kappa shape index (κ1) is 10.5. The van der Waals surface area contributed by atoms with Gasteiger partial charge in [0.15, 0.2) is 0 Å². The fourth-order valence-electron chi connectivity index (χ4n) is 2.40. The molecule has 1 fully saturated rings. The third-order valence-corrected chi connectivity index (χ3v) is 3.95. The quantitative estimate of drug-likeness (QED) is 0.747. The lowest BCUT2D eigenvalue weighted by molar-refractivity contribution is 0.482. The number of rotatable bonds is 0. The number of hydrogen-bond acceptors (Lipinski definition) is 3. The van der Waals surface area contributed by atoms with E-state index in [-0.39, 0.29) is 0 Å². The minimum Gasteiger partial charge on any atom is -0.381 e. The lowest BCUT2D eigenvalue weighted by Crippen LogP contribution is -2.56. The lowest BCUT2D eigenvalue weighted by atomic mass is 10.1. The molecule has 0 amide bonds. The highest BCUT2D eigenvalue weighted by atomic mass is 35.5. The number of halogens is 2. The van der Waals surface area contributed by atoms with Gasteiger partial charge in [-0.3, -0.25) is 0 Å². The summed E-state index contributed by atoms with van der Waals surface area (Å²) >= 11 is 12.1. The van der Waals surface area contributed by atoms with Crippen LogP contribution in [-0.4, -0.2) is 32.2 Å². The van der Waals surface area contributed by atoms with Crippen molar-refractivity contribution >= 4 is 34.6 Å². The molecule has 0 saturated carbocycles. The van der Waals surface area contributed by atoms with Crippen LogP contribution < -0.4 is 15.5 Å². The van der Waals surface area contributed by atoms with Crippen LogP contribution in [0.1, 0.15) is 0 Å². The van der Waals surface area contributed by atoms with Crippen molar-refractivity contribution < 1.29 is 0 Å². The average molecular weight is 258 g/mol. The van der Waals surface area contributed by atoms with Gasteiger partial charge < -0.3 is 15.5 Å². The van der Waals surface area contributed by atoms with Crippen LogP contribution in [0.3, 0.4) is 0 Å². The Kier molecular flexibility index (Phi) is 2.62. The molecule has 2 heterocycles. The molecule has 1 aromatic carbocycles. The van der Waals surface area contributed by atoms with Gasteiger partial charge >= 0.3 is 0 Å². The first-order valence-corrected chi connectivity index (χ1v) is 6.21. The maximum absolute atomic E-state index is 6.07. The molecular formula is C11H13Cl2N3. The monoisotopic (exact) mass is 257 g/mol. The van der Waals surface area contributed by atoms with Crippen LogP contribution in [0.5, 0.6) is 0 Å². The molecule has 0 spiro atoms. The van der Waals surface area contributed by atoms with Crippen LogP contribution in [0.15, 0.2) is 12.1 Å². The SMILES string of the molecule is Clc1cc2c(cc1Cl)N1CCNC[C@H]1CN2. The molecule has 0 unspecified atom stereocenters. The van der Waals surface area contributed by atoms with Crippen molar-refractivity contribution in [2.75, 3.05) is 36.4 Å². The van der Waals surface area contributed by atoms with Crippen LogP contribution in [0.4, 0.5) is 11.4 Å². The van der Waals surface area contributed by atoms with E-state index in [1.165, 1.54) is 5.69 Å². The Labute approximate surface area is 105 Å². The molecule has 1 saturated heterocycles. The van der Waals surface area contributed by atoms with Gasteiger partial charge in [-0.2, -0.15) is 0 Å². The Morgan fingerprint density at radius 2 is 2.00 bits per heavy atom. The zero-order valence-electron chi connectivity index (χ0n) is 8.76. The topological polar surface area (TPSA) is 27.3 Å². The van der Waals surface area contributed by atoms with Gasteiger partial charge in [0.25, 0.3) is 0 Å². The molecule has 1 aromatic rings. The number of benzene rings is 1. The highest BCUT2D eigenvalue weighted by Crippen LogP contribution is 2.38. The van der Waals surface area contributed by atoms with E-state index in [0.717, 1.165) is 31.9 Å². The maximum atomic E-state index is 6.07. The van der Waals surface area contributed by atoms with Gasteiger partial charge in [-0.15, -0.1) is 0 Å². The molecule has 86 valence electrons. The third-order valence-electron chi connectivity index (χ3n) is 3.23. The molecule has 2 aliphatic heterocycles. The van der Waals surface area contributed by atoms with E-state index >= 15 is 0 Å². The highest BCUT2D eigenvalue weighted by Gasteiger charge is 2.28. The van der Waals surface area contributed by atoms with E-state index < -0.39 is 0 Å². The summed E-state index contributed by atoms with van der Waals surface area (Å²) in [5, 5.41) is 8.04. The molecule has 3 nitrogen and oxygen atoms in total. The Hall–Kier alpha value is -0.640. The molecule has 5 heteroatoms. The summed E-state index contributed by atoms with van der Waals surface area (Å²) in [5.74, 6) is 0. The van der Waals surface area contributed by atoms with Gasteiger partial charge in [0.1, 0.15) is 0 Å². The molecule has 0 radical (unpaired) electrons. The first-order valence-electron chi connectivity index (χ1n) is 5.46. The van der Waals surface area contributed by atoms with E-state index in [1.807, 2.05) is 12.1 Å². The highest BCUT2D eigenvalue weighted by molar-refractivity contribution is 6.42. The number of fused-ring (bicyclic) bond motifs is 3. The minimum atomic E-state index is 0.512.